The van der Waals surface area contributed by atoms with Gasteiger partial charge in [0.2, 0.25) is 5.91 Å². The summed E-state index contributed by atoms with van der Waals surface area (Å²) in [5, 5.41) is 3.02. The van der Waals surface area contributed by atoms with Gasteiger partial charge in [-0.2, -0.15) is 0 Å². The number of ether oxygens (including phenoxy) is 1. The van der Waals surface area contributed by atoms with E-state index >= 15 is 0 Å². The standard InChI is InChI=1S/C23H30N2O2/c1-18-4-3-15-25(17-18)21-10-5-20(6-11-21)16-24-23(26)14-9-19-7-12-22(27-2)13-8-19/h5-8,10-13,18H,3-4,9,14-17H2,1-2H3,(H,24,26)/t18-/m1/s1. The molecule has 1 amide bonds. The molecule has 0 unspecified atom stereocenters. The quantitative estimate of drug-likeness (QED) is 0.799. The monoisotopic (exact) mass is 366 g/mol. The lowest BCUT2D eigenvalue weighted by Crippen LogP contribution is -2.34. The van der Waals surface area contributed by atoms with Crippen molar-refractivity contribution >= 4 is 11.6 Å². The number of benzene rings is 2. The fourth-order valence-corrected chi connectivity index (χ4v) is 3.59. The van der Waals surface area contributed by atoms with Gasteiger partial charge in [0.1, 0.15) is 5.75 Å². The molecule has 0 saturated carbocycles. The van der Waals surface area contributed by atoms with E-state index in [0.29, 0.717) is 13.0 Å². The highest BCUT2D eigenvalue weighted by molar-refractivity contribution is 5.76. The van der Waals surface area contributed by atoms with Crippen molar-refractivity contribution in [2.24, 2.45) is 5.92 Å². The van der Waals surface area contributed by atoms with Gasteiger partial charge in [-0.15, -0.1) is 0 Å². The van der Waals surface area contributed by atoms with Gasteiger partial charge in [0.15, 0.2) is 0 Å². The molecule has 4 nitrogen and oxygen atoms in total. The average molecular weight is 367 g/mol. The first kappa shape index (κ1) is 19.3. The molecule has 0 aromatic heterocycles. The number of nitrogens with zero attached hydrogens (tertiary/aromatic N) is 1. The number of piperidine rings is 1. The van der Waals surface area contributed by atoms with Gasteiger partial charge in [0, 0.05) is 31.7 Å². The van der Waals surface area contributed by atoms with Crippen LogP contribution in [0.3, 0.4) is 0 Å². The minimum absolute atomic E-state index is 0.0831. The Hall–Kier alpha value is -2.49. The minimum atomic E-state index is 0.0831. The van der Waals surface area contributed by atoms with Gasteiger partial charge < -0.3 is 15.0 Å². The molecule has 0 aliphatic carbocycles. The Bertz CT molecular complexity index is 725. The summed E-state index contributed by atoms with van der Waals surface area (Å²) in [6.45, 7) is 5.19. The van der Waals surface area contributed by atoms with E-state index in [9.17, 15) is 4.79 Å². The number of aryl methyl sites for hydroxylation is 1. The Morgan fingerprint density at radius 3 is 2.48 bits per heavy atom. The summed E-state index contributed by atoms with van der Waals surface area (Å²) in [5.74, 6) is 1.69. The molecule has 1 N–H and O–H groups in total. The van der Waals surface area contributed by atoms with E-state index in [0.717, 1.165) is 42.3 Å². The van der Waals surface area contributed by atoms with Gasteiger partial charge in [-0.3, -0.25) is 4.79 Å². The van der Waals surface area contributed by atoms with Crippen LogP contribution in [0.1, 0.15) is 37.3 Å². The van der Waals surface area contributed by atoms with Crippen LogP contribution < -0.4 is 15.0 Å². The summed E-state index contributed by atoms with van der Waals surface area (Å²) in [6, 6.07) is 16.5. The predicted molar refractivity (Wildman–Crippen MR) is 110 cm³/mol. The highest BCUT2D eigenvalue weighted by Gasteiger charge is 2.16. The van der Waals surface area contributed by atoms with Crippen molar-refractivity contribution < 1.29 is 9.53 Å². The lowest BCUT2D eigenvalue weighted by molar-refractivity contribution is -0.121. The third kappa shape index (κ3) is 5.75. The molecule has 1 fully saturated rings. The Morgan fingerprint density at radius 2 is 1.81 bits per heavy atom. The SMILES string of the molecule is COc1ccc(CCC(=O)NCc2ccc(N3CCC[C@@H](C)C3)cc2)cc1. The number of hydrogen-bond acceptors (Lipinski definition) is 3. The van der Waals surface area contributed by atoms with E-state index in [1.165, 1.54) is 18.5 Å². The first-order valence-corrected chi connectivity index (χ1v) is 9.87. The lowest BCUT2D eigenvalue weighted by Gasteiger charge is -2.32. The number of methoxy groups -OCH3 is 1. The topological polar surface area (TPSA) is 41.6 Å². The van der Waals surface area contributed by atoms with Crippen LogP contribution >= 0.6 is 0 Å². The van der Waals surface area contributed by atoms with Crippen LogP contribution in [0, 0.1) is 5.92 Å². The number of carbonyl (C=O) groups excluding carboxylic acids is 1. The van der Waals surface area contributed by atoms with E-state index in [2.05, 4.69) is 41.4 Å². The highest BCUT2D eigenvalue weighted by Crippen LogP contribution is 2.23. The maximum Gasteiger partial charge on any atom is 0.220 e. The van der Waals surface area contributed by atoms with E-state index < -0.39 is 0 Å². The van der Waals surface area contributed by atoms with Crippen LogP contribution in [0.25, 0.3) is 0 Å². The summed E-state index contributed by atoms with van der Waals surface area (Å²) < 4.78 is 5.15. The summed E-state index contributed by atoms with van der Waals surface area (Å²) in [4.78, 5) is 14.6. The largest absolute Gasteiger partial charge is 0.497 e. The van der Waals surface area contributed by atoms with Crippen LogP contribution in [-0.2, 0) is 17.8 Å². The molecular formula is C23H30N2O2. The molecule has 4 heteroatoms. The van der Waals surface area contributed by atoms with Gasteiger partial charge in [-0.05, 0) is 60.6 Å². The fourth-order valence-electron chi connectivity index (χ4n) is 3.59. The summed E-state index contributed by atoms with van der Waals surface area (Å²) in [6.07, 6.45) is 3.84. The Morgan fingerprint density at radius 1 is 1.11 bits per heavy atom. The molecule has 1 saturated heterocycles. The molecule has 0 spiro atoms. The second-order valence-corrected chi connectivity index (χ2v) is 7.48. The van der Waals surface area contributed by atoms with Gasteiger partial charge in [-0.1, -0.05) is 31.2 Å². The van der Waals surface area contributed by atoms with Crippen molar-refractivity contribution in [2.45, 2.75) is 39.2 Å². The van der Waals surface area contributed by atoms with Crippen LogP contribution in [0.4, 0.5) is 5.69 Å². The molecule has 2 aromatic rings. The van der Waals surface area contributed by atoms with E-state index in [1.807, 2.05) is 24.3 Å². The third-order valence-corrected chi connectivity index (χ3v) is 5.25. The van der Waals surface area contributed by atoms with Crippen molar-refractivity contribution in [2.75, 3.05) is 25.1 Å². The number of hydrogen-bond donors (Lipinski definition) is 1. The van der Waals surface area contributed by atoms with Crippen LogP contribution in [0.2, 0.25) is 0 Å². The average Bonchev–Trinajstić information content (AvgIpc) is 2.71. The number of anilines is 1. The normalized spacial score (nSPS) is 16.8. The first-order chi connectivity index (χ1) is 13.1. The predicted octanol–water partition coefficient (Wildman–Crippen LogP) is 4.18. The van der Waals surface area contributed by atoms with Gasteiger partial charge in [-0.25, -0.2) is 0 Å². The molecule has 27 heavy (non-hydrogen) atoms. The number of nitrogens with one attached hydrogen (secondary N) is 1. The molecule has 144 valence electrons. The molecule has 1 heterocycles. The van der Waals surface area contributed by atoms with Gasteiger partial charge in [0.05, 0.1) is 7.11 Å². The fraction of sp³-hybridized carbons (Fsp3) is 0.435. The molecule has 1 aliphatic heterocycles. The van der Waals surface area contributed by atoms with Crippen LogP contribution in [-0.4, -0.2) is 26.1 Å². The Labute approximate surface area is 162 Å². The maximum atomic E-state index is 12.1. The molecule has 3 rings (SSSR count). The van der Waals surface area contributed by atoms with Gasteiger partial charge in [0.25, 0.3) is 0 Å². The molecular weight excluding hydrogens is 336 g/mol. The lowest BCUT2D eigenvalue weighted by atomic mass is 9.99. The zero-order valence-corrected chi connectivity index (χ0v) is 16.4. The molecule has 1 aliphatic rings. The molecule has 1 atom stereocenters. The zero-order valence-electron chi connectivity index (χ0n) is 16.4. The smallest absolute Gasteiger partial charge is 0.220 e. The van der Waals surface area contributed by atoms with E-state index in [-0.39, 0.29) is 5.91 Å². The molecule has 2 aromatic carbocycles. The second-order valence-electron chi connectivity index (χ2n) is 7.48. The summed E-state index contributed by atoms with van der Waals surface area (Å²) >= 11 is 0. The maximum absolute atomic E-state index is 12.1. The number of rotatable bonds is 7. The third-order valence-electron chi connectivity index (χ3n) is 5.25. The Balaban J connectivity index is 1.43. The number of amides is 1. The van der Waals surface area contributed by atoms with Crippen molar-refractivity contribution in [1.82, 2.24) is 5.32 Å². The van der Waals surface area contributed by atoms with Crippen molar-refractivity contribution in [3.8, 4) is 5.75 Å². The zero-order chi connectivity index (χ0) is 19.1. The first-order valence-electron chi connectivity index (χ1n) is 9.87. The second kappa shape index (κ2) is 9.45. The van der Waals surface area contributed by atoms with Gasteiger partial charge >= 0.3 is 0 Å². The minimum Gasteiger partial charge on any atom is -0.497 e. The highest BCUT2D eigenvalue weighted by atomic mass is 16.5. The Kier molecular flexibility index (Phi) is 6.74. The van der Waals surface area contributed by atoms with Crippen molar-refractivity contribution in [1.29, 1.82) is 0 Å². The number of carbonyl (C=O) groups is 1. The van der Waals surface area contributed by atoms with E-state index in [4.69, 9.17) is 4.74 Å². The van der Waals surface area contributed by atoms with Crippen molar-refractivity contribution in [3.05, 3.63) is 59.7 Å². The molecule has 0 radical (unpaired) electrons. The summed E-state index contributed by atoms with van der Waals surface area (Å²) in [5.41, 5.74) is 3.57. The molecule has 0 bridgehead atoms. The van der Waals surface area contributed by atoms with Crippen LogP contribution in [0.5, 0.6) is 5.75 Å². The summed E-state index contributed by atoms with van der Waals surface area (Å²) in [7, 11) is 1.65. The van der Waals surface area contributed by atoms with Crippen molar-refractivity contribution in [3.63, 3.8) is 0 Å². The van der Waals surface area contributed by atoms with Crippen LogP contribution in [0.15, 0.2) is 48.5 Å². The van der Waals surface area contributed by atoms with E-state index in [1.54, 1.807) is 7.11 Å².